The van der Waals surface area contributed by atoms with Crippen molar-refractivity contribution >= 4 is 27.7 Å². The van der Waals surface area contributed by atoms with Gasteiger partial charge < -0.3 is 9.84 Å². The molecular weight excluding hydrogens is 262 g/mol. The molecule has 5 nitrogen and oxygen atoms in total. The minimum Gasteiger partial charge on any atom is -0.364 e. The summed E-state index contributed by atoms with van der Waals surface area (Å²) in [7, 11) is 0. The zero-order chi connectivity index (χ0) is 10.7. The summed E-state index contributed by atoms with van der Waals surface area (Å²) in [6, 6.07) is 6.71. The largest absolute Gasteiger partial charge is 0.364 e. The lowest BCUT2D eigenvalue weighted by molar-refractivity contribution is 0.101. The maximum Gasteiger partial charge on any atom is 0.278 e. The van der Waals surface area contributed by atoms with E-state index in [2.05, 4.69) is 35.9 Å². The van der Waals surface area contributed by atoms with Crippen LogP contribution in [0.3, 0.4) is 0 Å². The second-order valence-corrected chi connectivity index (χ2v) is 3.50. The van der Waals surface area contributed by atoms with Crippen molar-refractivity contribution in [1.82, 2.24) is 10.1 Å². The third-order valence-corrected chi connectivity index (χ3v) is 2.07. The van der Waals surface area contributed by atoms with Gasteiger partial charge in [0.2, 0.25) is 0 Å². The molecule has 0 atom stereocenters. The third-order valence-electron chi connectivity index (χ3n) is 1.63. The summed E-state index contributed by atoms with van der Waals surface area (Å²) in [4.78, 5) is 15.5. The molecule has 0 unspecified atom stereocenters. The van der Waals surface area contributed by atoms with E-state index in [4.69, 9.17) is 0 Å². The minimum absolute atomic E-state index is 0.219. The Bertz CT molecular complexity index is 470. The number of nitrogens with one attached hydrogen (secondary N) is 1. The first-order chi connectivity index (χ1) is 7.25. The topological polar surface area (TPSA) is 68.0 Å². The van der Waals surface area contributed by atoms with Gasteiger partial charge in [0.15, 0.2) is 5.69 Å². The summed E-state index contributed by atoms with van der Waals surface area (Å²) in [6.07, 6.45) is 1.34. The van der Waals surface area contributed by atoms with E-state index in [9.17, 15) is 4.79 Å². The molecule has 0 aliphatic carbocycles. The van der Waals surface area contributed by atoms with Gasteiger partial charge in [-0.3, -0.25) is 4.79 Å². The number of carbonyl (C=O) groups excluding carboxylic acids is 1. The van der Waals surface area contributed by atoms with Crippen molar-refractivity contribution in [3.05, 3.63) is 40.8 Å². The molecule has 2 rings (SSSR count). The number of carbonyl (C=O) groups is 1. The number of anilines is 1. The van der Waals surface area contributed by atoms with Gasteiger partial charge >= 0.3 is 0 Å². The van der Waals surface area contributed by atoms with Crippen LogP contribution in [0.1, 0.15) is 10.5 Å². The quantitative estimate of drug-likeness (QED) is 0.847. The maximum atomic E-state index is 11.5. The number of pyridine rings is 1. The summed E-state index contributed by atoms with van der Waals surface area (Å²) in [5.74, 6) is 0.103. The normalized spacial score (nSPS) is 9.93. The van der Waals surface area contributed by atoms with Crippen molar-refractivity contribution in [2.45, 2.75) is 0 Å². The summed E-state index contributed by atoms with van der Waals surface area (Å²) < 4.78 is 5.21. The van der Waals surface area contributed by atoms with Crippen LogP contribution < -0.4 is 5.32 Å². The lowest BCUT2D eigenvalue weighted by Crippen LogP contribution is -2.13. The van der Waals surface area contributed by atoms with Gasteiger partial charge in [-0.25, -0.2) is 4.98 Å². The van der Waals surface area contributed by atoms with Crippen molar-refractivity contribution in [1.29, 1.82) is 0 Å². The number of rotatable bonds is 2. The Labute approximate surface area is 93.6 Å². The molecule has 0 aliphatic rings. The molecule has 0 aliphatic heterocycles. The SMILES string of the molecule is O=C(Nc1cccc(Br)n1)c1ccon1. The predicted octanol–water partition coefficient (Wildman–Crippen LogP) is 2.08. The Hall–Kier alpha value is -1.69. The molecule has 0 saturated heterocycles. The number of halogens is 1. The highest BCUT2D eigenvalue weighted by molar-refractivity contribution is 9.10. The van der Waals surface area contributed by atoms with Crippen LogP contribution >= 0.6 is 15.9 Å². The zero-order valence-electron chi connectivity index (χ0n) is 7.48. The fourth-order valence-electron chi connectivity index (χ4n) is 0.988. The molecular formula is C9H6BrN3O2. The summed E-state index contributed by atoms with van der Waals surface area (Å²) >= 11 is 3.20. The zero-order valence-corrected chi connectivity index (χ0v) is 9.06. The number of nitrogens with zero attached hydrogens (tertiary/aromatic N) is 2. The maximum absolute atomic E-state index is 11.5. The molecule has 2 aromatic heterocycles. The van der Waals surface area contributed by atoms with Gasteiger partial charge in [-0.1, -0.05) is 11.2 Å². The minimum atomic E-state index is -0.352. The van der Waals surface area contributed by atoms with Gasteiger partial charge in [0.05, 0.1) is 0 Å². The van der Waals surface area contributed by atoms with E-state index < -0.39 is 0 Å². The fraction of sp³-hybridized carbons (Fsp3) is 0. The smallest absolute Gasteiger partial charge is 0.278 e. The second kappa shape index (κ2) is 4.22. The summed E-state index contributed by atoms with van der Waals surface area (Å²) in [6.45, 7) is 0. The van der Waals surface area contributed by atoms with Gasteiger partial charge in [-0.15, -0.1) is 0 Å². The number of amides is 1. The van der Waals surface area contributed by atoms with Crippen LogP contribution in [-0.2, 0) is 0 Å². The molecule has 0 aromatic carbocycles. The average Bonchev–Trinajstić information content (AvgIpc) is 2.70. The molecule has 0 spiro atoms. The van der Waals surface area contributed by atoms with Gasteiger partial charge in [-0.2, -0.15) is 0 Å². The molecule has 1 amide bonds. The highest BCUT2D eigenvalue weighted by atomic mass is 79.9. The molecule has 0 fully saturated rings. The summed E-state index contributed by atoms with van der Waals surface area (Å²) in [5.41, 5.74) is 0.219. The molecule has 76 valence electrons. The average molecular weight is 268 g/mol. The van der Waals surface area contributed by atoms with Crippen molar-refractivity contribution < 1.29 is 9.32 Å². The Morgan fingerprint density at radius 1 is 1.40 bits per heavy atom. The lowest BCUT2D eigenvalue weighted by Gasteiger charge is -2.01. The van der Waals surface area contributed by atoms with Gasteiger partial charge in [0.25, 0.3) is 5.91 Å². The van der Waals surface area contributed by atoms with Crippen LogP contribution in [0.25, 0.3) is 0 Å². The molecule has 1 N–H and O–H groups in total. The van der Waals surface area contributed by atoms with E-state index in [1.807, 2.05) is 0 Å². The Balaban J connectivity index is 2.13. The second-order valence-electron chi connectivity index (χ2n) is 2.68. The van der Waals surface area contributed by atoms with Crippen LogP contribution in [0.15, 0.2) is 39.7 Å². The van der Waals surface area contributed by atoms with Crippen molar-refractivity contribution in [2.75, 3.05) is 5.32 Å². The standard InChI is InChI=1S/C9H6BrN3O2/c10-7-2-1-3-8(11-7)12-9(14)6-4-5-15-13-6/h1-5H,(H,11,12,14). The third kappa shape index (κ3) is 2.41. The van der Waals surface area contributed by atoms with E-state index in [0.717, 1.165) is 0 Å². The molecule has 15 heavy (non-hydrogen) atoms. The van der Waals surface area contributed by atoms with E-state index in [0.29, 0.717) is 10.4 Å². The van der Waals surface area contributed by atoms with Gasteiger partial charge in [0.1, 0.15) is 16.7 Å². The van der Waals surface area contributed by atoms with Crippen LogP contribution in [0.2, 0.25) is 0 Å². The lowest BCUT2D eigenvalue weighted by atomic mass is 10.4. The van der Waals surface area contributed by atoms with E-state index in [1.54, 1.807) is 18.2 Å². The van der Waals surface area contributed by atoms with Crippen LogP contribution in [0.4, 0.5) is 5.82 Å². The first-order valence-electron chi connectivity index (χ1n) is 4.10. The van der Waals surface area contributed by atoms with Crippen molar-refractivity contribution in [2.24, 2.45) is 0 Å². The van der Waals surface area contributed by atoms with E-state index in [-0.39, 0.29) is 11.6 Å². The van der Waals surface area contributed by atoms with E-state index in [1.165, 1.54) is 12.3 Å². The fourth-order valence-corrected chi connectivity index (χ4v) is 1.33. The molecule has 2 heterocycles. The first-order valence-corrected chi connectivity index (χ1v) is 4.89. The molecule has 2 aromatic rings. The Kier molecular flexibility index (Phi) is 2.77. The van der Waals surface area contributed by atoms with Crippen LogP contribution in [-0.4, -0.2) is 16.0 Å². The summed E-state index contributed by atoms with van der Waals surface area (Å²) in [5, 5.41) is 6.09. The monoisotopic (exact) mass is 267 g/mol. The van der Waals surface area contributed by atoms with E-state index >= 15 is 0 Å². The van der Waals surface area contributed by atoms with Crippen molar-refractivity contribution in [3.63, 3.8) is 0 Å². The van der Waals surface area contributed by atoms with Crippen molar-refractivity contribution in [3.8, 4) is 0 Å². The Morgan fingerprint density at radius 2 is 2.27 bits per heavy atom. The highest BCUT2D eigenvalue weighted by Gasteiger charge is 2.09. The Morgan fingerprint density at radius 3 is 2.93 bits per heavy atom. The number of hydrogen-bond acceptors (Lipinski definition) is 4. The highest BCUT2D eigenvalue weighted by Crippen LogP contribution is 2.10. The molecule has 0 radical (unpaired) electrons. The molecule has 0 saturated carbocycles. The van der Waals surface area contributed by atoms with Gasteiger partial charge in [-0.05, 0) is 28.1 Å². The predicted molar refractivity (Wildman–Crippen MR) is 56.4 cm³/mol. The number of aromatic nitrogens is 2. The molecule has 0 bridgehead atoms. The van der Waals surface area contributed by atoms with Crippen LogP contribution in [0.5, 0.6) is 0 Å². The molecule has 6 heteroatoms. The van der Waals surface area contributed by atoms with Crippen LogP contribution in [0, 0.1) is 0 Å². The number of hydrogen-bond donors (Lipinski definition) is 1. The first kappa shape index (κ1) is 9.85. The van der Waals surface area contributed by atoms with Gasteiger partial charge in [0, 0.05) is 6.07 Å².